The maximum absolute atomic E-state index is 10.7. The average molecular weight is 328 g/mol. The molecule has 0 aliphatic carbocycles. The minimum atomic E-state index is -0.418. The zero-order chi connectivity index (χ0) is 16.9. The van der Waals surface area contributed by atoms with Gasteiger partial charge in [-0.15, -0.1) is 0 Å². The van der Waals surface area contributed by atoms with Gasteiger partial charge >= 0.3 is 0 Å². The average Bonchev–Trinajstić information content (AvgIpc) is 3.08. The smallest absolute Gasteiger partial charge is 0.269 e. The van der Waals surface area contributed by atoms with Crippen LogP contribution in [0.15, 0.2) is 30.3 Å². The van der Waals surface area contributed by atoms with E-state index in [1.807, 2.05) is 13.0 Å². The molecule has 2 heterocycles. The number of hydrogen-bond donors (Lipinski definition) is 1. The lowest BCUT2D eigenvalue weighted by atomic mass is 10.2. The van der Waals surface area contributed by atoms with E-state index in [-0.39, 0.29) is 5.69 Å². The van der Waals surface area contributed by atoms with Crippen LogP contribution in [0.1, 0.15) is 25.0 Å². The molecule has 126 valence electrons. The van der Waals surface area contributed by atoms with Crippen molar-refractivity contribution in [1.82, 2.24) is 9.97 Å². The third kappa shape index (κ3) is 4.05. The topological polar surface area (TPSA) is 90.2 Å². The van der Waals surface area contributed by atoms with Gasteiger partial charge in [0.05, 0.1) is 11.0 Å². The van der Waals surface area contributed by atoms with E-state index in [2.05, 4.69) is 15.3 Å². The SMILES string of the molecule is Cc1cc(NCC[C@H]2CCCO2)nc(-c2ccc([N+](=O)[O-])cc2)n1. The van der Waals surface area contributed by atoms with Crippen molar-refractivity contribution in [2.24, 2.45) is 0 Å². The maximum Gasteiger partial charge on any atom is 0.269 e. The van der Waals surface area contributed by atoms with Crippen molar-refractivity contribution in [3.05, 3.63) is 46.1 Å². The third-order valence-corrected chi connectivity index (χ3v) is 3.99. The number of benzene rings is 1. The van der Waals surface area contributed by atoms with Crippen molar-refractivity contribution in [2.45, 2.75) is 32.3 Å². The number of nitrogens with one attached hydrogen (secondary N) is 1. The molecule has 1 atom stereocenters. The number of hydrogen-bond acceptors (Lipinski definition) is 6. The highest BCUT2D eigenvalue weighted by atomic mass is 16.6. The van der Waals surface area contributed by atoms with Crippen LogP contribution in [0.3, 0.4) is 0 Å². The minimum absolute atomic E-state index is 0.0568. The van der Waals surface area contributed by atoms with Crippen LogP contribution in [0, 0.1) is 17.0 Å². The highest BCUT2D eigenvalue weighted by molar-refractivity contribution is 5.59. The van der Waals surface area contributed by atoms with E-state index in [0.29, 0.717) is 11.9 Å². The van der Waals surface area contributed by atoms with Gasteiger partial charge in [-0.1, -0.05) is 0 Å². The van der Waals surface area contributed by atoms with Crippen molar-refractivity contribution < 1.29 is 9.66 Å². The molecule has 3 rings (SSSR count). The van der Waals surface area contributed by atoms with Crippen LogP contribution in [-0.2, 0) is 4.74 Å². The molecular formula is C17H20N4O3. The summed E-state index contributed by atoms with van der Waals surface area (Å²) in [6.07, 6.45) is 3.56. The Kier molecular flexibility index (Phi) is 5.00. The predicted octanol–water partition coefficient (Wildman–Crippen LogP) is 3.34. The second-order valence-corrected chi connectivity index (χ2v) is 5.87. The molecule has 0 bridgehead atoms. The molecule has 1 N–H and O–H groups in total. The number of non-ortho nitro benzene ring substituents is 1. The van der Waals surface area contributed by atoms with Crippen LogP contribution in [-0.4, -0.2) is 34.1 Å². The van der Waals surface area contributed by atoms with Gasteiger partial charge in [0.25, 0.3) is 5.69 Å². The normalized spacial score (nSPS) is 17.0. The van der Waals surface area contributed by atoms with E-state index >= 15 is 0 Å². The van der Waals surface area contributed by atoms with Gasteiger partial charge in [0.15, 0.2) is 5.82 Å². The summed E-state index contributed by atoms with van der Waals surface area (Å²) in [5.41, 5.74) is 1.66. The Morgan fingerprint density at radius 2 is 2.12 bits per heavy atom. The Balaban J connectivity index is 1.69. The largest absolute Gasteiger partial charge is 0.378 e. The van der Waals surface area contributed by atoms with Crippen LogP contribution in [0.4, 0.5) is 11.5 Å². The van der Waals surface area contributed by atoms with E-state index in [9.17, 15) is 10.1 Å². The van der Waals surface area contributed by atoms with E-state index in [1.54, 1.807) is 12.1 Å². The van der Waals surface area contributed by atoms with Crippen LogP contribution in [0.5, 0.6) is 0 Å². The molecule has 1 saturated heterocycles. The van der Waals surface area contributed by atoms with Crippen LogP contribution in [0.2, 0.25) is 0 Å². The molecule has 0 amide bonds. The molecule has 0 unspecified atom stereocenters. The maximum atomic E-state index is 10.7. The molecular weight excluding hydrogens is 308 g/mol. The van der Waals surface area contributed by atoms with Crippen LogP contribution in [0.25, 0.3) is 11.4 Å². The molecule has 0 saturated carbocycles. The molecule has 0 radical (unpaired) electrons. The third-order valence-electron chi connectivity index (χ3n) is 3.99. The van der Waals surface area contributed by atoms with Crippen LogP contribution < -0.4 is 5.32 Å². The Hall–Kier alpha value is -2.54. The van der Waals surface area contributed by atoms with Crippen molar-refractivity contribution in [1.29, 1.82) is 0 Å². The van der Waals surface area contributed by atoms with Gasteiger partial charge < -0.3 is 10.1 Å². The molecule has 1 fully saturated rings. The van der Waals surface area contributed by atoms with E-state index in [4.69, 9.17) is 4.74 Å². The summed E-state index contributed by atoms with van der Waals surface area (Å²) in [6.45, 7) is 3.56. The molecule has 7 nitrogen and oxygen atoms in total. The first-order chi connectivity index (χ1) is 11.6. The summed E-state index contributed by atoms with van der Waals surface area (Å²) in [4.78, 5) is 19.2. The number of anilines is 1. The molecule has 2 aromatic rings. The predicted molar refractivity (Wildman–Crippen MR) is 90.9 cm³/mol. The Morgan fingerprint density at radius 3 is 2.79 bits per heavy atom. The molecule has 1 aliphatic heterocycles. The summed E-state index contributed by atoms with van der Waals surface area (Å²) >= 11 is 0. The van der Waals surface area contributed by atoms with Gasteiger partial charge in [-0.05, 0) is 38.3 Å². The first kappa shape index (κ1) is 16.3. The number of aryl methyl sites for hydroxylation is 1. The van der Waals surface area contributed by atoms with Crippen molar-refractivity contribution >= 4 is 11.5 Å². The van der Waals surface area contributed by atoms with Gasteiger partial charge in [-0.3, -0.25) is 10.1 Å². The van der Waals surface area contributed by atoms with Crippen molar-refractivity contribution in [2.75, 3.05) is 18.5 Å². The fourth-order valence-corrected chi connectivity index (χ4v) is 2.75. The van der Waals surface area contributed by atoms with Crippen LogP contribution >= 0.6 is 0 Å². The first-order valence-electron chi connectivity index (χ1n) is 8.08. The lowest BCUT2D eigenvalue weighted by Gasteiger charge is -2.11. The fraction of sp³-hybridized carbons (Fsp3) is 0.412. The van der Waals surface area contributed by atoms with Gasteiger partial charge in [0.2, 0.25) is 0 Å². The highest BCUT2D eigenvalue weighted by Crippen LogP contribution is 2.21. The molecule has 24 heavy (non-hydrogen) atoms. The summed E-state index contributed by atoms with van der Waals surface area (Å²) < 4.78 is 5.61. The van der Waals surface area contributed by atoms with Crippen molar-refractivity contribution in [3.8, 4) is 11.4 Å². The summed E-state index contributed by atoms with van der Waals surface area (Å²) in [5, 5.41) is 14.1. The first-order valence-corrected chi connectivity index (χ1v) is 8.08. The van der Waals surface area contributed by atoms with E-state index in [1.165, 1.54) is 12.1 Å². The number of nitrogens with zero attached hydrogens (tertiary/aromatic N) is 3. The zero-order valence-electron chi connectivity index (χ0n) is 13.6. The number of ether oxygens (including phenoxy) is 1. The second-order valence-electron chi connectivity index (χ2n) is 5.87. The summed E-state index contributed by atoms with van der Waals surface area (Å²) in [5.74, 6) is 1.32. The monoisotopic (exact) mass is 328 g/mol. The van der Waals surface area contributed by atoms with Crippen molar-refractivity contribution in [3.63, 3.8) is 0 Å². The molecule has 1 aliphatic rings. The molecule has 1 aromatic carbocycles. The lowest BCUT2D eigenvalue weighted by Crippen LogP contribution is -2.13. The number of nitro groups is 1. The van der Waals surface area contributed by atoms with Gasteiger partial charge in [-0.2, -0.15) is 0 Å². The lowest BCUT2D eigenvalue weighted by molar-refractivity contribution is -0.384. The van der Waals surface area contributed by atoms with Gasteiger partial charge in [0.1, 0.15) is 5.82 Å². The quantitative estimate of drug-likeness (QED) is 0.646. The minimum Gasteiger partial charge on any atom is -0.378 e. The Labute approximate surface area is 140 Å². The van der Waals surface area contributed by atoms with E-state index < -0.39 is 4.92 Å². The van der Waals surface area contributed by atoms with Gasteiger partial charge in [0, 0.05) is 42.6 Å². The molecule has 7 heteroatoms. The van der Waals surface area contributed by atoms with E-state index in [0.717, 1.165) is 49.5 Å². The highest BCUT2D eigenvalue weighted by Gasteiger charge is 2.15. The summed E-state index contributed by atoms with van der Waals surface area (Å²) in [6, 6.07) is 8.16. The standard InChI is InChI=1S/C17H20N4O3/c1-12-11-16(18-9-8-15-3-2-10-24-15)20-17(19-12)13-4-6-14(7-5-13)21(22)23/h4-7,11,15H,2-3,8-10H2,1H3,(H,18,19,20)/t15-/m1/s1. The Bertz CT molecular complexity index is 712. The molecule has 1 aromatic heterocycles. The summed E-state index contributed by atoms with van der Waals surface area (Å²) in [7, 11) is 0. The van der Waals surface area contributed by atoms with Gasteiger partial charge in [-0.25, -0.2) is 9.97 Å². The zero-order valence-corrected chi connectivity index (χ0v) is 13.6. The molecule has 0 spiro atoms. The number of nitro benzene ring substituents is 1. The fourth-order valence-electron chi connectivity index (χ4n) is 2.75. The number of aromatic nitrogens is 2. The number of rotatable bonds is 6. The Morgan fingerprint density at radius 1 is 1.33 bits per heavy atom. The second kappa shape index (κ2) is 7.35.